The van der Waals surface area contributed by atoms with E-state index in [1.165, 1.54) is 13.3 Å². The molecule has 0 heterocycles. The maximum absolute atomic E-state index is 11.9. The number of carbonyl (C=O) groups excluding carboxylic acids is 2. The van der Waals surface area contributed by atoms with E-state index in [0.717, 1.165) is 5.56 Å². The van der Waals surface area contributed by atoms with Crippen molar-refractivity contribution >= 4 is 18.0 Å². The van der Waals surface area contributed by atoms with Crippen LogP contribution in [0.3, 0.4) is 0 Å². The van der Waals surface area contributed by atoms with Crippen molar-refractivity contribution in [2.75, 3.05) is 14.2 Å². The normalized spacial score (nSPS) is 11.7. The highest BCUT2D eigenvalue weighted by atomic mass is 16.5. The second-order valence-corrected chi connectivity index (χ2v) is 5.42. The van der Waals surface area contributed by atoms with Gasteiger partial charge in [0, 0.05) is 0 Å². The minimum absolute atomic E-state index is 0.288. The molecule has 2 N–H and O–H groups in total. The average Bonchev–Trinajstić information content (AvgIpc) is 2.68. The van der Waals surface area contributed by atoms with Gasteiger partial charge in [0.2, 0.25) is 0 Å². The summed E-state index contributed by atoms with van der Waals surface area (Å²) in [6.45, 7) is 1.80. The lowest BCUT2D eigenvalue weighted by Gasteiger charge is -2.13. The number of ether oxygens (including phenoxy) is 2. The quantitative estimate of drug-likeness (QED) is 0.471. The molecule has 0 aliphatic carbocycles. The summed E-state index contributed by atoms with van der Waals surface area (Å²) in [5.41, 5.74) is 3.79. The monoisotopic (exact) mass is 355 g/mol. The summed E-state index contributed by atoms with van der Waals surface area (Å²) < 4.78 is 10.3. The highest BCUT2D eigenvalue weighted by molar-refractivity contribution is 6.35. The van der Waals surface area contributed by atoms with E-state index in [4.69, 9.17) is 9.47 Å². The molecule has 2 rings (SSSR count). The van der Waals surface area contributed by atoms with E-state index in [0.29, 0.717) is 17.1 Å². The number of hydrogen-bond acceptors (Lipinski definition) is 5. The Morgan fingerprint density at radius 3 is 2.35 bits per heavy atom. The van der Waals surface area contributed by atoms with Gasteiger partial charge in [0.1, 0.15) is 0 Å². The Morgan fingerprint density at radius 1 is 1.00 bits per heavy atom. The molecule has 1 unspecified atom stereocenters. The number of carbonyl (C=O) groups is 2. The zero-order valence-corrected chi connectivity index (χ0v) is 14.9. The van der Waals surface area contributed by atoms with Gasteiger partial charge >= 0.3 is 11.8 Å². The van der Waals surface area contributed by atoms with Gasteiger partial charge in [-0.2, -0.15) is 5.10 Å². The Morgan fingerprint density at radius 2 is 1.69 bits per heavy atom. The van der Waals surface area contributed by atoms with E-state index in [1.807, 2.05) is 30.3 Å². The van der Waals surface area contributed by atoms with Gasteiger partial charge < -0.3 is 14.8 Å². The van der Waals surface area contributed by atoms with Crippen LogP contribution in [0.1, 0.15) is 24.1 Å². The molecule has 7 heteroatoms. The van der Waals surface area contributed by atoms with Crippen LogP contribution in [0.25, 0.3) is 0 Å². The predicted octanol–water partition coefficient (Wildman–Crippen LogP) is 2.03. The fourth-order valence-electron chi connectivity index (χ4n) is 2.24. The minimum Gasteiger partial charge on any atom is -0.493 e. The number of hydrazone groups is 1. The third-order valence-corrected chi connectivity index (χ3v) is 3.64. The average molecular weight is 355 g/mol. The molecule has 0 saturated carbocycles. The van der Waals surface area contributed by atoms with E-state index in [-0.39, 0.29) is 6.04 Å². The maximum atomic E-state index is 11.9. The standard InChI is InChI=1S/C19H21N3O4/c1-13(15-7-5-4-6-8-15)21-18(23)19(24)22-20-12-14-9-10-16(25-2)17(11-14)26-3/h4-13H,1-3H3,(H,21,23)(H,22,24). The topological polar surface area (TPSA) is 89.0 Å². The molecule has 0 aliphatic rings. The van der Waals surface area contributed by atoms with E-state index in [2.05, 4.69) is 15.8 Å². The highest BCUT2D eigenvalue weighted by Crippen LogP contribution is 2.26. The molecule has 0 aliphatic heterocycles. The van der Waals surface area contributed by atoms with E-state index < -0.39 is 11.8 Å². The lowest BCUT2D eigenvalue weighted by molar-refractivity contribution is -0.139. The van der Waals surface area contributed by atoms with Crippen LogP contribution in [-0.2, 0) is 9.59 Å². The molecule has 2 aromatic carbocycles. The zero-order valence-electron chi connectivity index (χ0n) is 14.9. The molecule has 7 nitrogen and oxygen atoms in total. The first-order chi connectivity index (χ1) is 12.5. The molecule has 0 spiro atoms. The van der Waals surface area contributed by atoms with Crippen molar-refractivity contribution in [1.82, 2.24) is 10.7 Å². The molecule has 0 bridgehead atoms. The number of hydrogen-bond donors (Lipinski definition) is 2. The van der Waals surface area contributed by atoms with Crippen molar-refractivity contribution in [1.29, 1.82) is 0 Å². The molecule has 136 valence electrons. The smallest absolute Gasteiger partial charge is 0.329 e. The Labute approximate surface area is 152 Å². The largest absolute Gasteiger partial charge is 0.493 e. The Bertz CT molecular complexity index is 791. The summed E-state index contributed by atoms with van der Waals surface area (Å²) in [4.78, 5) is 23.8. The van der Waals surface area contributed by atoms with Gasteiger partial charge in [0.25, 0.3) is 0 Å². The molecule has 0 saturated heterocycles. The molecule has 0 aromatic heterocycles. The zero-order chi connectivity index (χ0) is 18.9. The van der Waals surface area contributed by atoms with Crippen LogP contribution in [-0.4, -0.2) is 32.2 Å². The second-order valence-electron chi connectivity index (χ2n) is 5.42. The summed E-state index contributed by atoms with van der Waals surface area (Å²) >= 11 is 0. The van der Waals surface area contributed by atoms with Gasteiger partial charge in [-0.1, -0.05) is 30.3 Å². The number of amides is 2. The van der Waals surface area contributed by atoms with Crippen LogP contribution < -0.4 is 20.2 Å². The lowest BCUT2D eigenvalue weighted by Crippen LogP contribution is -2.39. The first-order valence-electron chi connectivity index (χ1n) is 7.96. The number of methoxy groups -OCH3 is 2. The van der Waals surface area contributed by atoms with Crippen LogP contribution in [0.4, 0.5) is 0 Å². The molecular formula is C19H21N3O4. The summed E-state index contributed by atoms with van der Waals surface area (Å²) in [7, 11) is 3.07. The van der Waals surface area contributed by atoms with Crippen molar-refractivity contribution in [3.63, 3.8) is 0 Å². The molecular weight excluding hydrogens is 334 g/mol. The fraction of sp³-hybridized carbons (Fsp3) is 0.211. The van der Waals surface area contributed by atoms with Crippen molar-refractivity contribution in [3.05, 3.63) is 59.7 Å². The summed E-state index contributed by atoms with van der Waals surface area (Å²) in [6.07, 6.45) is 1.41. The molecule has 2 aromatic rings. The van der Waals surface area contributed by atoms with Gasteiger partial charge in [-0.05, 0) is 36.2 Å². The van der Waals surface area contributed by atoms with Crippen molar-refractivity contribution in [2.45, 2.75) is 13.0 Å². The maximum Gasteiger partial charge on any atom is 0.329 e. The van der Waals surface area contributed by atoms with Crippen LogP contribution in [0.2, 0.25) is 0 Å². The highest BCUT2D eigenvalue weighted by Gasteiger charge is 2.16. The lowest BCUT2D eigenvalue weighted by atomic mass is 10.1. The second kappa shape index (κ2) is 9.22. The Kier molecular flexibility index (Phi) is 6.73. The first kappa shape index (κ1) is 19.0. The third-order valence-electron chi connectivity index (χ3n) is 3.64. The van der Waals surface area contributed by atoms with Gasteiger partial charge in [-0.15, -0.1) is 0 Å². The van der Waals surface area contributed by atoms with Crippen molar-refractivity contribution < 1.29 is 19.1 Å². The SMILES string of the molecule is COc1ccc(C=NNC(=O)C(=O)NC(C)c2ccccc2)cc1OC. The molecule has 2 amide bonds. The van der Waals surface area contributed by atoms with Crippen molar-refractivity contribution in [2.24, 2.45) is 5.10 Å². The van der Waals surface area contributed by atoms with Gasteiger partial charge in [-0.25, -0.2) is 5.43 Å². The first-order valence-corrected chi connectivity index (χ1v) is 7.96. The van der Waals surface area contributed by atoms with E-state index in [9.17, 15) is 9.59 Å². The molecule has 26 heavy (non-hydrogen) atoms. The summed E-state index contributed by atoms with van der Waals surface area (Å²) in [6, 6.07) is 14.2. The minimum atomic E-state index is -0.843. The number of nitrogens with zero attached hydrogens (tertiary/aromatic N) is 1. The fourth-order valence-corrected chi connectivity index (χ4v) is 2.24. The number of rotatable bonds is 6. The summed E-state index contributed by atoms with van der Waals surface area (Å²) in [5.74, 6) is -0.476. The van der Waals surface area contributed by atoms with Crippen LogP contribution in [0.5, 0.6) is 11.5 Å². The predicted molar refractivity (Wildman–Crippen MR) is 98.3 cm³/mol. The number of nitrogens with one attached hydrogen (secondary N) is 2. The Balaban J connectivity index is 1.91. The number of benzene rings is 2. The van der Waals surface area contributed by atoms with E-state index in [1.54, 1.807) is 32.2 Å². The summed E-state index contributed by atoms with van der Waals surface area (Å²) in [5, 5.41) is 6.41. The molecule has 1 atom stereocenters. The van der Waals surface area contributed by atoms with Crippen LogP contribution >= 0.6 is 0 Å². The van der Waals surface area contributed by atoms with Crippen LogP contribution in [0, 0.1) is 0 Å². The Hall–Kier alpha value is -3.35. The van der Waals surface area contributed by atoms with Gasteiger partial charge in [0.15, 0.2) is 11.5 Å². The third kappa shape index (κ3) is 5.07. The molecule has 0 radical (unpaired) electrons. The van der Waals surface area contributed by atoms with Crippen LogP contribution in [0.15, 0.2) is 53.6 Å². The molecule has 0 fully saturated rings. The van der Waals surface area contributed by atoms with Gasteiger partial charge in [-0.3, -0.25) is 9.59 Å². The van der Waals surface area contributed by atoms with E-state index >= 15 is 0 Å². The van der Waals surface area contributed by atoms with Crippen molar-refractivity contribution in [3.8, 4) is 11.5 Å². The van der Waals surface area contributed by atoms with Gasteiger partial charge in [0.05, 0.1) is 26.5 Å².